The average molecular weight is 431 g/mol. The summed E-state index contributed by atoms with van der Waals surface area (Å²) in [4.78, 5) is 4.34. The molecule has 0 fully saturated rings. The Morgan fingerprint density at radius 1 is 1.35 bits per heavy atom. The van der Waals surface area contributed by atoms with E-state index in [0.29, 0.717) is 12.5 Å². The zero-order valence-electron chi connectivity index (χ0n) is 14.5. The van der Waals surface area contributed by atoms with Crippen LogP contribution in [0.25, 0.3) is 0 Å². The van der Waals surface area contributed by atoms with Crippen molar-refractivity contribution in [1.82, 2.24) is 5.32 Å². The van der Waals surface area contributed by atoms with Crippen LogP contribution in [-0.4, -0.2) is 24.7 Å². The minimum atomic E-state index is -0.0457. The number of benzene rings is 1. The lowest BCUT2D eigenvalue weighted by molar-refractivity contribution is 0.0403. The molecule has 0 aromatic heterocycles. The smallest absolute Gasteiger partial charge is 0.188 e. The van der Waals surface area contributed by atoms with E-state index in [9.17, 15) is 0 Å². The van der Waals surface area contributed by atoms with E-state index in [1.54, 1.807) is 0 Å². The summed E-state index contributed by atoms with van der Waals surface area (Å²) in [6.45, 7) is 7.63. The zero-order chi connectivity index (χ0) is 16.0. The summed E-state index contributed by atoms with van der Waals surface area (Å²) in [5.41, 5.74) is 8.61. The maximum absolute atomic E-state index is 6.06. The first-order valence-corrected chi connectivity index (χ1v) is 8.23. The molecule has 0 spiro atoms. The Balaban J connectivity index is 0.00000264. The number of halogens is 1. The number of hydrogen-bond donors (Lipinski definition) is 2. The first-order chi connectivity index (χ1) is 10.5. The number of nitrogens with zero attached hydrogens (tertiary/aromatic N) is 1. The van der Waals surface area contributed by atoms with Gasteiger partial charge in [0, 0.05) is 18.7 Å². The van der Waals surface area contributed by atoms with Gasteiger partial charge in [-0.1, -0.05) is 24.3 Å². The van der Waals surface area contributed by atoms with Gasteiger partial charge in [0.2, 0.25) is 0 Å². The monoisotopic (exact) mass is 431 g/mol. The van der Waals surface area contributed by atoms with E-state index in [2.05, 4.69) is 55.3 Å². The Labute approximate surface area is 157 Å². The highest BCUT2D eigenvalue weighted by atomic mass is 127. The lowest BCUT2D eigenvalue weighted by atomic mass is 9.89. The first kappa shape index (κ1) is 20.2. The van der Waals surface area contributed by atoms with E-state index in [-0.39, 0.29) is 35.6 Å². The number of nitrogens with one attached hydrogen (secondary N) is 1. The third-order valence-corrected chi connectivity index (χ3v) is 3.72. The van der Waals surface area contributed by atoms with Crippen molar-refractivity contribution in [2.24, 2.45) is 10.7 Å². The van der Waals surface area contributed by atoms with Gasteiger partial charge in [-0.25, -0.2) is 0 Å². The van der Waals surface area contributed by atoms with Gasteiger partial charge in [0.1, 0.15) is 0 Å². The zero-order valence-corrected chi connectivity index (χ0v) is 16.8. The Morgan fingerprint density at radius 2 is 2.09 bits per heavy atom. The van der Waals surface area contributed by atoms with Crippen LogP contribution in [0.15, 0.2) is 29.3 Å². The van der Waals surface area contributed by atoms with Crippen molar-refractivity contribution >= 4 is 29.9 Å². The average Bonchev–Trinajstić information content (AvgIpc) is 2.45. The third-order valence-electron chi connectivity index (χ3n) is 3.72. The fraction of sp³-hybridized carbons (Fsp3) is 0.611. The summed E-state index contributed by atoms with van der Waals surface area (Å²) in [5.74, 6) is 0.510. The second-order valence-electron chi connectivity index (χ2n) is 6.95. The highest BCUT2D eigenvalue weighted by Gasteiger charge is 2.19. The molecule has 0 saturated heterocycles. The SMILES string of the molecule is CC(C)(C)NC(N)=NCCCOC1CCCc2ccccc21.I. The maximum atomic E-state index is 6.06. The predicted octanol–water partition coefficient (Wildman–Crippen LogP) is 3.79. The van der Waals surface area contributed by atoms with Crippen molar-refractivity contribution in [2.45, 2.75) is 58.1 Å². The third kappa shape index (κ3) is 7.08. The van der Waals surface area contributed by atoms with E-state index < -0.39 is 0 Å². The molecular formula is C18H30IN3O. The molecule has 1 aliphatic rings. The molecule has 130 valence electrons. The van der Waals surface area contributed by atoms with Gasteiger partial charge >= 0.3 is 0 Å². The summed E-state index contributed by atoms with van der Waals surface area (Å²) in [6.07, 6.45) is 4.65. The van der Waals surface area contributed by atoms with E-state index >= 15 is 0 Å². The largest absolute Gasteiger partial charge is 0.373 e. The van der Waals surface area contributed by atoms with Crippen LogP contribution in [-0.2, 0) is 11.2 Å². The molecule has 0 amide bonds. The van der Waals surface area contributed by atoms with E-state index in [1.807, 2.05) is 0 Å². The first-order valence-electron chi connectivity index (χ1n) is 8.23. The summed E-state index contributed by atoms with van der Waals surface area (Å²) < 4.78 is 6.06. The number of nitrogens with two attached hydrogens (primary N) is 1. The molecule has 1 aliphatic carbocycles. The second-order valence-corrected chi connectivity index (χ2v) is 6.95. The second kappa shape index (κ2) is 9.47. The molecule has 0 saturated carbocycles. The Hall–Kier alpha value is -0.820. The lowest BCUT2D eigenvalue weighted by Gasteiger charge is -2.25. The number of guanidine groups is 1. The van der Waals surface area contributed by atoms with Crippen molar-refractivity contribution < 1.29 is 4.74 Å². The Kier molecular flexibility index (Phi) is 8.33. The number of fused-ring (bicyclic) bond motifs is 1. The van der Waals surface area contributed by atoms with Crippen LogP contribution in [0.5, 0.6) is 0 Å². The molecule has 0 bridgehead atoms. The van der Waals surface area contributed by atoms with Crippen LogP contribution < -0.4 is 11.1 Å². The van der Waals surface area contributed by atoms with Crippen LogP contribution in [0.2, 0.25) is 0 Å². The van der Waals surface area contributed by atoms with Crippen molar-refractivity contribution in [3.8, 4) is 0 Å². The van der Waals surface area contributed by atoms with Gasteiger partial charge in [-0.2, -0.15) is 0 Å². The van der Waals surface area contributed by atoms with Gasteiger partial charge in [0.15, 0.2) is 5.96 Å². The summed E-state index contributed by atoms with van der Waals surface area (Å²) in [7, 11) is 0. The molecule has 1 unspecified atom stereocenters. The van der Waals surface area contributed by atoms with Crippen LogP contribution in [0, 0.1) is 0 Å². The van der Waals surface area contributed by atoms with Crippen LogP contribution in [0.1, 0.15) is 57.3 Å². The van der Waals surface area contributed by atoms with Gasteiger partial charge in [-0.05, 0) is 57.6 Å². The molecule has 0 radical (unpaired) electrons. The number of aryl methyl sites for hydroxylation is 1. The molecule has 23 heavy (non-hydrogen) atoms. The van der Waals surface area contributed by atoms with Gasteiger partial charge in [-0.3, -0.25) is 4.99 Å². The standard InChI is InChI=1S/C18H29N3O.HI/c1-18(2,3)21-17(19)20-12-7-13-22-16-11-6-9-14-8-4-5-10-15(14)16;/h4-5,8,10,16H,6-7,9,11-13H2,1-3H3,(H3,19,20,21);1H. The lowest BCUT2D eigenvalue weighted by Crippen LogP contribution is -2.45. The van der Waals surface area contributed by atoms with Gasteiger partial charge in [0.25, 0.3) is 0 Å². The normalized spacial score (nSPS) is 18.0. The van der Waals surface area contributed by atoms with E-state index in [0.717, 1.165) is 19.4 Å². The highest BCUT2D eigenvalue weighted by Crippen LogP contribution is 2.32. The quantitative estimate of drug-likeness (QED) is 0.323. The topological polar surface area (TPSA) is 59.6 Å². The van der Waals surface area contributed by atoms with Gasteiger partial charge in [-0.15, -0.1) is 24.0 Å². The molecule has 0 aliphatic heterocycles. The molecule has 1 aromatic rings. The van der Waals surface area contributed by atoms with Crippen molar-refractivity contribution in [2.75, 3.05) is 13.2 Å². The summed E-state index contributed by atoms with van der Waals surface area (Å²) >= 11 is 0. The fourth-order valence-electron chi connectivity index (χ4n) is 2.80. The molecule has 3 N–H and O–H groups in total. The van der Waals surface area contributed by atoms with Crippen LogP contribution in [0.4, 0.5) is 0 Å². The maximum Gasteiger partial charge on any atom is 0.188 e. The van der Waals surface area contributed by atoms with Crippen LogP contribution in [0.3, 0.4) is 0 Å². The Bertz CT molecular complexity index is 511. The fourth-order valence-corrected chi connectivity index (χ4v) is 2.80. The molecule has 5 heteroatoms. The van der Waals surface area contributed by atoms with Crippen LogP contribution >= 0.6 is 24.0 Å². The van der Waals surface area contributed by atoms with E-state index in [4.69, 9.17) is 10.5 Å². The summed E-state index contributed by atoms with van der Waals surface area (Å²) in [6, 6.07) is 8.63. The van der Waals surface area contributed by atoms with Gasteiger partial charge in [0.05, 0.1) is 6.10 Å². The van der Waals surface area contributed by atoms with Crippen molar-refractivity contribution in [3.63, 3.8) is 0 Å². The van der Waals surface area contributed by atoms with E-state index in [1.165, 1.54) is 24.0 Å². The number of ether oxygens (including phenoxy) is 1. The molecule has 4 nitrogen and oxygen atoms in total. The number of rotatable bonds is 5. The predicted molar refractivity (Wildman–Crippen MR) is 107 cm³/mol. The number of hydrogen-bond acceptors (Lipinski definition) is 2. The molecular weight excluding hydrogens is 401 g/mol. The molecule has 2 rings (SSSR count). The highest BCUT2D eigenvalue weighted by molar-refractivity contribution is 14.0. The Morgan fingerprint density at radius 3 is 2.83 bits per heavy atom. The van der Waals surface area contributed by atoms with Crippen molar-refractivity contribution in [1.29, 1.82) is 0 Å². The van der Waals surface area contributed by atoms with Gasteiger partial charge < -0.3 is 15.8 Å². The molecule has 1 atom stereocenters. The summed E-state index contributed by atoms with van der Waals surface area (Å²) in [5, 5.41) is 3.16. The van der Waals surface area contributed by atoms with Crippen molar-refractivity contribution in [3.05, 3.63) is 35.4 Å². The number of aliphatic imine (C=N–C) groups is 1. The molecule has 1 aromatic carbocycles. The minimum absolute atomic E-state index is 0. The molecule has 0 heterocycles. The minimum Gasteiger partial charge on any atom is -0.373 e.